The summed E-state index contributed by atoms with van der Waals surface area (Å²) in [5, 5.41) is 0. The summed E-state index contributed by atoms with van der Waals surface area (Å²) in [4.78, 5) is 8.22. The van der Waals surface area contributed by atoms with Crippen LogP contribution in [0.5, 0.6) is 0 Å². The Balaban J connectivity index is 2.57. The molecule has 1 aromatic heterocycles. The number of aryl methyl sites for hydroxylation is 1. The van der Waals surface area contributed by atoms with Crippen molar-refractivity contribution in [1.29, 1.82) is 0 Å². The molecule has 1 rings (SSSR count). The Labute approximate surface area is 104 Å². The van der Waals surface area contributed by atoms with Gasteiger partial charge in [0.05, 0.1) is 0 Å². The maximum atomic E-state index is 5.60. The molecule has 0 bridgehead atoms. The normalized spacial score (nSPS) is 12.8. The Bertz CT molecular complexity index is 392. The van der Waals surface area contributed by atoms with E-state index >= 15 is 0 Å². The molecule has 0 spiro atoms. The highest BCUT2D eigenvalue weighted by molar-refractivity contribution is 9.11. The minimum absolute atomic E-state index is 0.483. The summed E-state index contributed by atoms with van der Waals surface area (Å²) in [7, 11) is 0. The van der Waals surface area contributed by atoms with Crippen molar-refractivity contribution in [3.63, 3.8) is 0 Å². The largest absolute Gasteiger partial charge is 0.489 e. The molecule has 1 aromatic rings. The molecule has 0 amide bonds. The fraction of sp³-hybridized carbons (Fsp3) is 0.333. The number of hydrogen-bond donors (Lipinski definition) is 0. The van der Waals surface area contributed by atoms with E-state index in [1.165, 1.54) is 0 Å². The molecular formula is C12H15BrN2O. The molecule has 86 valence electrons. The highest BCUT2D eigenvalue weighted by atomic mass is 79.9. The first-order valence-corrected chi connectivity index (χ1v) is 5.81. The van der Waals surface area contributed by atoms with Crippen molar-refractivity contribution in [2.75, 3.05) is 0 Å². The molecule has 4 heteroatoms. The standard InChI is InChI=1S/C12H15BrN2O/c1-4-12(5-9(2)13)16-8-11-6-14-10(3)15-7-11/h4-7H,8H2,1-3H3. The highest BCUT2D eigenvalue weighted by Crippen LogP contribution is 2.11. The monoisotopic (exact) mass is 282 g/mol. The average molecular weight is 283 g/mol. The van der Waals surface area contributed by atoms with E-state index in [0.29, 0.717) is 6.61 Å². The highest BCUT2D eigenvalue weighted by Gasteiger charge is 1.97. The van der Waals surface area contributed by atoms with Gasteiger partial charge in [0.25, 0.3) is 0 Å². The molecule has 0 N–H and O–H groups in total. The molecule has 1 heterocycles. The fourth-order valence-corrected chi connectivity index (χ4v) is 1.29. The summed E-state index contributed by atoms with van der Waals surface area (Å²) in [5.74, 6) is 1.60. The summed E-state index contributed by atoms with van der Waals surface area (Å²) in [6, 6.07) is 0. The van der Waals surface area contributed by atoms with Gasteiger partial charge in [0.2, 0.25) is 0 Å². The molecule has 0 saturated heterocycles. The van der Waals surface area contributed by atoms with Gasteiger partial charge in [-0.3, -0.25) is 0 Å². The van der Waals surface area contributed by atoms with E-state index in [2.05, 4.69) is 25.9 Å². The molecule has 0 aromatic carbocycles. The lowest BCUT2D eigenvalue weighted by molar-refractivity contribution is 0.210. The first-order valence-electron chi connectivity index (χ1n) is 5.02. The number of allylic oxidation sites excluding steroid dienone is 3. The van der Waals surface area contributed by atoms with E-state index in [1.54, 1.807) is 12.4 Å². The van der Waals surface area contributed by atoms with Crippen LogP contribution in [0, 0.1) is 6.92 Å². The third-order valence-electron chi connectivity index (χ3n) is 1.87. The van der Waals surface area contributed by atoms with Gasteiger partial charge in [-0.05, 0) is 37.4 Å². The Morgan fingerprint density at radius 2 is 2.06 bits per heavy atom. The van der Waals surface area contributed by atoms with Crippen molar-refractivity contribution >= 4 is 15.9 Å². The lowest BCUT2D eigenvalue weighted by Gasteiger charge is -2.06. The number of ether oxygens (including phenoxy) is 1. The molecule has 0 aliphatic carbocycles. The van der Waals surface area contributed by atoms with Crippen LogP contribution in [0.3, 0.4) is 0 Å². The summed E-state index contributed by atoms with van der Waals surface area (Å²) in [5.41, 5.74) is 0.963. The smallest absolute Gasteiger partial charge is 0.125 e. The number of rotatable bonds is 4. The maximum absolute atomic E-state index is 5.60. The third kappa shape index (κ3) is 4.57. The zero-order valence-corrected chi connectivity index (χ0v) is 11.3. The van der Waals surface area contributed by atoms with Crippen LogP contribution in [-0.2, 0) is 11.3 Å². The van der Waals surface area contributed by atoms with Gasteiger partial charge in [-0.25, -0.2) is 9.97 Å². The van der Waals surface area contributed by atoms with Gasteiger partial charge in [0, 0.05) is 18.0 Å². The van der Waals surface area contributed by atoms with Gasteiger partial charge in [-0.2, -0.15) is 0 Å². The molecule has 0 saturated carbocycles. The second-order valence-electron chi connectivity index (χ2n) is 3.35. The predicted octanol–water partition coefficient (Wildman–Crippen LogP) is 3.50. The van der Waals surface area contributed by atoms with E-state index in [4.69, 9.17) is 4.74 Å². The molecule has 0 aliphatic heterocycles. The van der Waals surface area contributed by atoms with Gasteiger partial charge < -0.3 is 4.74 Å². The number of nitrogens with zero attached hydrogens (tertiary/aromatic N) is 2. The van der Waals surface area contributed by atoms with Crippen LogP contribution in [0.1, 0.15) is 25.2 Å². The van der Waals surface area contributed by atoms with E-state index in [-0.39, 0.29) is 0 Å². The maximum Gasteiger partial charge on any atom is 0.125 e. The van der Waals surface area contributed by atoms with Crippen molar-refractivity contribution in [2.45, 2.75) is 27.4 Å². The van der Waals surface area contributed by atoms with Gasteiger partial charge in [0.1, 0.15) is 18.2 Å². The van der Waals surface area contributed by atoms with Crippen molar-refractivity contribution in [3.05, 3.63) is 46.2 Å². The molecule has 0 unspecified atom stereocenters. The van der Waals surface area contributed by atoms with Crippen molar-refractivity contribution < 1.29 is 4.74 Å². The number of aromatic nitrogens is 2. The first-order chi connectivity index (χ1) is 7.61. The van der Waals surface area contributed by atoms with Crippen molar-refractivity contribution in [1.82, 2.24) is 9.97 Å². The second-order valence-corrected chi connectivity index (χ2v) is 4.60. The lowest BCUT2D eigenvalue weighted by atomic mass is 10.3. The Morgan fingerprint density at radius 1 is 1.44 bits per heavy atom. The molecule has 0 aliphatic rings. The first kappa shape index (κ1) is 12.9. The van der Waals surface area contributed by atoms with Crippen LogP contribution < -0.4 is 0 Å². The van der Waals surface area contributed by atoms with Crippen LogP contribution in [0.2, 0.25) is 0 Å². The van der Waals surface area contributed by atoms with Crippen LogP contribution in [0.4, 0.5) is 0 Å². The number of hydrogen-bond acceptors (Lipinski definition) is 3. The minimum atomic E-state index is 0.483. The van der Waals surface area contributed by atoms with E-state index in [1.807, 2.05) is 32.9 Å². The summed E-state index contributed by atoms with van der Waals surface area (Å²) in [6.07, 6.45) is 7.40. The van der Waals surface area contributed by atoms with Crippen LogP contribution in [0.25, 0.3) is 0 Å². The molecule has 16 heavy (non-hydrogen) atoms. The average Bonchev–Trinajstić information content (AvgIpc) is 2.26. The van der Waals surface area contributed by atoms with Crippen molar-refractivity contribution in [2.24, 2.45) is 0 Å². The van der Waals surface area contributed by atoms with Gasteiger partial charge in [-0.15, -0.1) is 0 Å². The van der Waals surface area contributed by atoms with Crippen molar-refractivity contribution in [3.8, 4) is 0 Å². The molecule has 3 nitrogen and oxygen atoms in total. The zero-order valence-electron chi connectivity index (χ0n) is 9.70. The third-order valence-corrected chi connectivity index (χ3v) is 2.09. The molecule has 0 atom stereocenters. The summed E-state index contributed by atoms with van der Waals surface area (Å²) < 4.78 is 6.63. The van der Waals surface area contributed by atoms with E-state index in [0.717, 1.165) is 21.6 Å². The Hall–Kier alpha value is -1.16. The van der Waals surface area contributed by atoms with Gasteiger partial charge in [-0.1, -0.05) is 15.9 Å². The number of halogens is 1. The SMILES string of the molecule is CC=C(C=C(C)Br)OCc1cnc(C)nc1. The van der Waals surface area contributed by atoms with E-state index in [9.17, 15) is 0 Å². The quantitative estimate of drug-likeness (QED) is 0.626. The fourth-order valence-electron chi connectivity index (χ4n) is 1.06. The predicted molar refractivity (Wildman–Crippen MR) is 68.0 cm³/mol. The molecule has 0 fully saturated rings. The summed E-state index contributed by atoms with van der Waals surface area (Å²) >= 11 is 3.37. The van der Waals surface area contributed by atoms with Crippen LogP contribution >= 0.6 is 15.9 Å². The minimum Gasteiger partial charge on any atom is -0.489 e. The Morgan fingerprint density at radius 3 is 2.56 bits per heavy atom. The molecular weight excluding hydrogens is 268 g/mol. The Kier molecular flexibility index (Phi) is 5.19. The van der Waals surface area contributed by atoms with Gasteiger partial charge >= 0.3 is 0 Å². The summed E-state index contributed by atoms with van der Waals surface area (Å²) in [6.45, 7) is 6.24. The molecule has 0 radical (unpaired) electrons. The zero-order chi connectivity index (χ0) is 12.0. The topological polar surface area (TPSA) is 35.0 Å². The second kappa shape index (κ2) is 6.43. The van der Waals surface area contributed by atoms with Gasteiger partial charge in [0.15, 0.2) is 0 Å². The van der Waals surface area contributed by atoms with E-state index < -0.39 is 0 Å². The van der Waals surface area contributed by atoms with Crippen LogP contribution in [-0.4, -0.2) is 9.97 Å². The van der Waals surface area contributed by atoms with Crippen LogP contribution in [0.15, 0.2) is 34.8 Å². The lowest BCUT2D eigenvalue weighted by Crippen LogP contribution is -1.95.